The Balaban J connectivity index is 0.000000132. The van der Waals surface area contributed by atoms with Crippen LogP contribution in [-0.4, -0.2) is 36.5 Å². The maximum absolute atomic E-state index is 13.0. The first-order valence-corrected chi connectivity index (χ1v) is 11.1. The molecule has 0 aliphatic carbocycles. The van der Waals surface area contributed by atoms with Gasteiger partial charge in [0.15, 0.2) is 11.2 Å². The van der Waals surface area contributed by atoms with Gasteiger partial charge in [-0.25, -0.2) is 4.39 Å². The van der Waals surface area contributed by atoms with E-state index >= 15 is 0 Å². The van der Waals surface area contributed by atoms with E-state index in [-0.39, 0.29) is 5.82 Å². The van der Waals surface area contributed by atoms with Crippen LogP contribution in [0, 0.1) is 5.82 Å². The van der Waals surface area contributed by atoms with Gasteiger partial charge in [0.2, 0.25) is 0 Å². The van der Waals surface area contributed by atoms with E-state index in [1.807, 2.05) is 18.2 Å². The van der Waals surface area contributed by atoms with Crippen LogP contribution in [0.2, 0.25) is 0 Å². The highest BCUT2D eigenvalue weighted by Gasteiger charge is 2.22. The van der Waals surface area contributed by atoms with Crippen LogP contribution in [0.1, 0.15) is 48.9 Å². The molecule has 2 aliphatic rings. The number of halogens is 1. The van der Waals surface area contributed by atoms with Gasteiger partial charge in [0.25, 0.3) is 0 Å². The van der Waals surface area contributed by atoms with Crippen molar-refractivity contribution in [3.63, 3.8) is 0 Å². The van der Waals surface area contributed by atoms with Crippen LogP contribution >= 0.6 is 0 Å². The van der Waals surface area contributed by atoms with Crippen molar-refractivity contribution in [3.05, 3.63) is 59.7 Å². The zero-order valence-corrected chi connectivity index (χ0v) is 17.4. The maximum atomic E-state index is 13.0. The lowest BCUT2D eigenvalue weighted by molar-refractivity contribution is 0.403. The molecule has 6 nitrogen and oxygen atoms in total. The van der Waals surface area contributed by atoms with Gasteiger partial charge in [-0.15, -0.1) is 0 Å². The molecule has 0 bridgehead atoms. The van der Waals surface area contributed by atoms with Crippen molar-refractivity contribution in [2.75, 3.05) is 26.2 Å². The monoisotopic (exact) mass is 422 g/mol. The van der Waals surface area contributed by atoms with Crippen molar-refractivity contribution in [2.24, 2.45) is 0 Å². The Bertz CT molecular complexity index is 1140. The molecule has 31 heavy (non-hydrogen) atoms. The Labute approximate surface area is 180 Å². The Morgan fingerprint density at radius 3 is 1.90 bits per heavy atom. The molecule has 7 heteroatoms. The second-order valence-electron chi connectivity index (χ2n) is 8.32. The quantitative estimate of drug-likeness (QED) is 0.486. The zero-order chi connectivity index (χ0) is 21.0. The number of fused-ring (bicyclic) bond motifs is 2. The number of piperidine rings is 2. The van der Waals surface area contributed by atoms with Crippen LogP contribution in [0.3, 0.4) is 0 Å². The molecule has 0 atom stereocenters. The normalized spacial score (nSPS) is 18.2. The van der Waals surface area contributed by atoms with Gasteiger partial charge in [0.1, 0.15) is 5.82 Å². The number of nitrogens with one attached hydrogen (secondary N) is 2. The lowest BCUT2D eigenvalue weighted by atomic mass is 9.93. The molecular formula is C24H27FN4O2. The Kier molecular flexibility index (Phi) is 5.95. The summed E-state index contributed by atoms with van der Waals surface area (Å²) >= 11 is 0. The summed E-state index contributed by atoms with van der Waals surface area (Å²) in [6.07, 6.45) is 4.46. The predicted molar refractivity (Wildman–Crippen MR) is 118 cm³/mol. The number of aromatic nitrogens is 2. The summed E-state index contributed by atoms with van der Waals surface area (Å²) in [5.74, 6) is 0.725. The highest BCUT2D eigenvalue weighted by atomic mass is 19.1. The molecule has 2 aromatic carbocycles. The minimum absolute atomic E-state index is 0.277. The van der Waals surface area contributed by atoms with E-state index in [9.17, 15) is 4.39 Å². The van der Waals surface area contributed by atoms with Crippen LogP contribution in [0.5, 0.6) is 0 Å². The molecule has 2 fully saturated rings. The van der Waals surface area contributed by atoms with Crippen molar-refractivity contribution in [1.82, 2.24) is 20.9 Å². The van der Waals surface area contributed by atoms with Gasteiger partial charge in [-0.2, -0.15) is 0 Å². The molecule has 2 aromatic heterocycles. The van der Waals surface area contributed by atoms with Gasteiger partial charge in [-0.05, 0) is 76.1 Å². The summed E-state index contributed by atoms with van der Waals surface area (Å²) in [5, 5.41) is 17.1. The largest absolute Gasteiger partial charge is 0.356 e. The van der Waals surface area contributed by atoms with Crippen molar-refractivity contribution in [1.29, 1.82) is 0 Å². The van der Waals surface area contributed by atoms with E-state index in [4.69, 9.17) is 9.05 Å². The Morgan fingerprint density at radius 1 is 0.710 bits per heavy atom. The number of hydrogen-bond acceptors (Lipinski definition) is 6. The second-order valence-corrected chi connectivity index (χ2v) is 8.32. The van der Waals surface area contributed by atoms with Crippen molar-refractivity contribution >= 4 is 21.9 Å². The van der Waals surface area contributed by atoms with Crippen molar-refractivity contribution in [3.8, 4) is 0 Å². The van der Waals surface area contributed by atoms with Crippen LogP contribution in [0.4, 0.5) is 4.39 Å². The van der Waals surface area contributed by atoms with Gasteiger partial charge in [-0.1, -0.05) is 22.4 Å². The molecule has 4 aromatic rings. The highest BCUT2D eigenvalue weighted by molar-refractivity contribution is 5.80. The van der Waals surface area contributed by atoms with Gasteiger partial charge in [-0.3, -0.25) is 0 Å². The average Bonchev–Trinajstić information content (AvgIpc) is 3.45. The molecular weight excluding hydrogens is 395 g/mol. The second kappa shape index (κ2) is 9.16. The molecule has 0 saturated carbocycles. The third-order valence-corrected chi connectivity index (χ3v) is 6.32. The van der Waals surface area contributed by atoms with E-state index in [2.05, 4.69) is 27.0 Å². The highest BCUT2D eigenvalue weighted by Crippen LogP contribution is 2.31. The lowest BCUT2D eigenvalue weighted by Crippen LogP contribution is -2.26. The van der Waals surface area contributed by atoms with Crippen molar-refractivity contribution in [2.45, 2.75) is 37.5 Å². The summed E-state index contributed by atoms with van der Waals surface area (Å²) in [5.41, 5.74) is 3.59. The zero-order valence-electron chi connectivity index (χ0n) is 17.4. The number of hydrogen-bond donors (Lipinski definition) is 2. The minimum Gasteiger partial charge on any atom is -0.356 e. The topological polar surface area (TPSA) is 76.1 Å². The number of para-hydroxylation sites is 1. The minimum atomic E-state index is -0.277. The van der Waals surface area contributed by atoms with Gasteiger partial charge >= 0.3 is 0 Å². The smallest absolute Gasteiger partial charge is 0.170 e. The standard InChI is InChI=1S/C12H13FN2O.C12H14N2O/c13-9-1-2-10-11(7-9)16-15-12(10)8-3-5-14-6-4-8;1-2-4-11-10(3-1)12(14-15-11)9-5-7-13-8-6-9/h1-2,7-8,14H,3-6H2;1-4,9,13H,5-8H2. The predicted octanol–water partition coefficient (Wildman–Crippen LogP) is 4.73. The first kappa shape index (κ1) is 20.2. The molecule has 162 valence electrons. The molecule has 2 N–H and O–H groups in total. The Morgan fingerprint density at radius 2 is 1.26 bits per heavy atom. The van der Waals surface area contributed by atoms with E-state index in [0.717, 1.165) is 74.2 Å². The third-order valence-electron chi connectivity index (χ3n) is 6.32. The fraction of sp³-hybridized carbons (Fsp3) is 0.417. The number of benzene rings is 2. The van der Waals surface area contributed by atoms with Crippen molar-refractivity contribution < 1.29 is 13.4 Å². The molecule has 0 spiro atoms. The van der Waals surface area contributed by atoms with Gasteiger partial charge in [0.05, 0.1) is 11.4 Å². The summed E-state index contributed by atoms with van der Waals surface area (Å²) < 4.78 is 23.5. The molecule has 2 aliphatic heterocycles. The molecule has 4 heterocycles. The van der Waals surface area contributed by atoms with Crippen LogP contribution in [-0.2, 0) is 0 Å². The molecule has 2 saturated heterocycles. The maximum Gasteiger partial charge on any atom is 0.170 e. The summed E-state index contributed by atoms with van der Waals surface area (Å²) in [6.45, 7) is 4.21. The fourth-order valence-corrected chi connectivity index (χ4v) is 4.62. The fourth-order valence-electron chi connectivity index (χ4n) is 4.62. The molecule has 0 unspecified atom stereocenters. The first-order chi connectivity index (χ1) is 15.3. The summed E-state index contributed by atoms with van der Waals surface area (Å²) in [6, 6.07) is 12.7. The number of nitrogens with zero attached hydrogens (tertiary/aromatic N) is 2. The lowest BCUT2D eigenvalue weighted by Gasteiger charge is -2.20. The Hall–Kier alpha value is -2.77. The van der Waals surface area contributed by atoms with E-state index in [1.165, 1.54) is 17.5 Å². The third kappa shape index (κ3) is 4.34. The van der Waals surface area contributed by atoms with E-state index < -0.39 is 0 Å². The van der Waals surface area contributed by atoms with Gasteiger partial charge < -0.3 is 19.7 Å². The SMILES string of the molecule is Fc1ccc2c(C3CCNCC3)noc2c1.c1ccc2c(C3CCNCC3)noc2c1. The van der Waals surface area contributed by atoms with Crippen LogP contribution in [0.15, 0.2) is 51.5 Å². The molecule has 6 rings (SSSR count). The summed E-state index contributed by atoms with van der Waals surface area (Å²) in [7, 11) is 0. The van der Waals surface area contributed by atoms with E-state index in [1.54, 1.807) is 6.07 Å². The van der Waals surface area contributed by atoms with E-state index in [0.29, 0.717) is 17.4 Å². The molecule has 0 amide bonds. The molecule has 0 radical (unpaired) electrons. The van der Waals surface area contributed by atoms with Crippen LogP contribution < -0.4 is 10.6 Å². The summed E-state index contributed by atoms with van der Waals surface area (Å²) in [4.78, 5) is 0. The van der Waals surface area contributed by atoms with Crippen LogP contribution in [0.25, 0.3) is 21.9 Å². The first-order valence-electron chi connectivity index (χ1n) is 11.1. The number of rotatable bonds is 2. The van der Waals surface area contributed by atoms with Gasteiger partial charge in [0, 0.05) is 28.7 Å². The average molecular weight is 423 g/mol.